The molecule has 0 amide bonds. The maximum atomic E-state index is 15.2. The highest BCUT2D eigenvalue weighted by Crippen LogP contribution is 2.41. The number of carboxylic acid groups (broad SMARTS) is 1. The molecule has 6 rings (SSSR count). The summed E-state index contributed by atoms with van der Waals surface area (Å²) in [7, 11) is 0. The van der Waals surface area contributed by atoms with Crippen LogP contribution in [0.1, 0.15) is 52.8 Å². The Morgan fingerprint density at radius 3 is 2.60 bits per heavy atom. The molecule has 1 aliphatic rings. The van der Waals surface area contributed by atoms with Crippen LogP contribution < -0.4 is 4.74 Å². The Morgan fingerprint density at radius 1 is 1.09 bits per heavy atom. The molecule has 5 aromatic rings. The minimum atomic E-state index is -1.23. The van der Waals surface area contributed by atoms with Gasteiger partial charge in [0.05, 0.1) is 36.0 Å². The molecule has 0 aliphatic carbocycles. The number of nitrogens with zero attached hydrogens (tertiary/aromatic N) is 4. The summed E-state index contributed by atoms with van der Waals surface area (Å²) in [6, 6.07) is 12.1. The van der Waals surface area contributed by atoms with Crippen molar-refractivity contribution in [2.45, 2.75) is 39.8 Å². The lowest BCUT2D eigenvalue weighted by Gasteiger charge is -2.28. The molecule has 1 unspecified atom stereocenters. The van der Waals surface area contributed by atoms with Crippen molar-refractivity contribution in [3.05, 3.63) is 104 Å². The zero-order chi connectivity index (χ0) is 32.0. The van der Waals surface area contributed by atoms with Crippen LogP contribution in [0.5, 0.6) is 6.01 Å². The molecule has 1 saturated heterocycles. The Morgan fingerprint density at radius 2 is 1.89 bits per heavy atom. The van der Waals surface area contributed by atoms with E-state index in [1.54, 1.807) is 30.5 Å². The highest BCUT2D eigenvalue weighted by Gasteiger charge is 2.39. The molecule has 1 N–H and O–H groups in total. The fraction of sp³-hybridized carbons (Fsp3) is 0.273. The maximum absolute atomic E-state index is 15.2. The zero-order valence-corrected chi connectivity index (χ0v) is 26.1. The predicted molar refractivity (Wildman–Crippen MR) is 166 cm³/mol. The number of halogens is 4. The normalized spacial score (nSPS) is 15.9. The predicted octanol–water partition coefficient (Wildman–Crippen LogP) is 7.85. The van der Waals surface area contributed by atoms with Crippen molar-refractivity contribution in [3.63, 3.8) is 0 Å². The third-order valence-corrected chi connectivity index (χ3v) is 8.64. The summed E-state index contributed by atoms with van der Waals surface area (Å²) < 4.78 is 42.7. The number of carboxylic acids is 1. The lowest BCUT2D eigenvalue weighted by molar-refractivity contribution is 0.0696. The molecule has 1 aliphatic heterocycles. The van der Waals surface area contributed by atoms with Crippen molar-refractivity contribution in [3.8, 4) is 17.3 Å². The third kappa shape index (κ3) is 6.10. The van der Waals surface area contributed by atoms with Crippen molar-refractivity contribution in [2.24, 2.45) is 5.41 Å². The molecule has 0 bridgehead atoms. The summed E-state index contributed by atoms with van der Waals surface area (Å²) in [4.78, 5) is 25.1. The number of hydrogen-bond acceptors (Lipinski definition) is 6. The van der Waals surface area contributed by atoms with Crippen LogP contribution in [-0.4, -0.2) is 43.8 Å². The van der Waals surface area contributed by atoms with Gasteiger partial charge in [-0.1, -0.05) is 49.2 Å². The third-order valence-electron chi connectivity index (χ3n) is 8.06. The van der Waals surface area contributed by atoms with E-state index in [-0.39, 0.29) is 41.6 Å². The molecule has 8 nitrogen and oxygen atoms in total. The molecule has 12 heteroatoms. The minimum Gasteiger partial charge on any atom is -0.478 e. The zero-order valence-electron chi connectivity index (χ0n) is 24.6. The largest absolute Gasteiger partial charge is 0.478 e. The second-order valence-electron chi connectivity index (χ2n) is 11.7. The first-order valence-electron chi connectivity index (χ1n) is 14.1. The van der Waals surface area contributed by atoms with E-state index in [4.69, 9.17) is 32.7 Å². The van der Waals surface area contributed by atoms with Gasteiger partial charge < -0.3 is 19.1 Å². The van der Waals surface area contributed by atoms with Crippen molar-refractivity contribution in [1.82, 2.24) is 19.5 Å². The molecule has 1 fully saturated rings. The van der Waals surface area contributed by atoms with Gasteiger partial charge in [-0.05, 0) is 54.4 Å². The number of imidazole rings is 1. The summed E-state index contributed by atoms with van der Waals surface area (Å²) in [5.41, 5.74) is 3.23. The Kier molecular flexibility index (Phi) is 8.24. The Bertz CT molecular complexity index is 1960. The van der Waals surface area contributed by atoms with E-state index in [1.807, 2.05) is 17.6 Å². The summed E-state index contributed by atoms with van der Waals surface area (Å²) in [6.07, 6.45) is 1.80. The average Bonchev–Trinajstić information content (AvgIpc) is 3.52. The Hall–Kier alpha value is -4.12. The van der Waals surface area contributed by atoms with Crippen molar-refractivity contribution >= 4 is 40.2 Å². The average molecular weight is 654 g/mol. The molecular weight excluding hydrogens is 625 g/mol. The lowest BCUT2D eigenvalue weighted by atomic mass is 9.87. The highest BCUT2D eigenvalue weighted by atomic mass is 35.5. The van der Waals surface area contributed by atoms with Gasteiger partial charge in [0.2, 0.25) is 0 Å². The van der Waals surface area contributed by atoms with E-state index in [9.17, 15) is 14.3 Å². The quantitative estimate of drug-likeness (QED) is 0.182. The van der Waals surface area contributed by atoms with E-state index in [0.29, 0.717) is 45.9 Å². The van der Waals surface area contributed by atoms with Crippen LogP contribution in [0, 0.1) is 24.0 Å². The molecule has 0 radical (unpaired) electrons. The second kappa shape index (κ2) is 12.0. The van der Waals surface area contributed by atoms with Gasteiger partial charge in [-0.3, -0.25) is 0 Å². The van der Waals surface area contributed by atoms with E-state index in [2.05, 4.69) is 28.8 Å². The number of ether oxygens (including phenoxy) is 2. The Balaban J connectivity index is 1.33. The monoisotopic (exact) mass is 652 g/mol. The molecule has 0 spiro atoms. The number of hydrogen-bond donors (Lipinski definition) is 1. The van der Waals surface area contributed by atoms with Gasteiger partial charge in [0.1, 0.15) is 23.8 Å². The first kappa shape index (κ1) is 30.9. The van der Waals surface area contributed by atoms with Crippen LogP contribution in [0.15, 0.2) is 54.7 Å². The SMILES string of the molecule is Cc1cc(Cc2nc3c(F)cc(C(=O)O)cc3n2C2COCC2(C)C)c(Cl)cc1-c1ccnc(OCc2ccc(Cl)cc2F)n1. The van der Waals surface area contributed by atoms with Crippen molar-refractivity contribution < 1.29 is 28.2 Å². The van der Waals surface area contributed by atoms with Gasteiger partial charge in [-0.15, -0.1) is 0 Å². The topological polar surface area (TPSA) is 99.4 Å². The standard InChI is InChI=1S/C33H28Cl2F2N4O4/c1-17-8-19(23(35)13-22(17)26-6-7-38-32(39-26)45-14-18-4-5-21(34)12-24(18)36)11-29-40-30-25(37)9-20(31(42)43)10-27(30)41(29)28-15-44-16-33(28,2)3/h4-10,12-13,28H,11,14-16H2,1-3H3,(H,42,43). The smallest absolute Gasteiger partial charge is 0.335 e. The molecule has 3 heterocycles. The van der Waals surface area contributed by atoms with Gasteiger partial charge in [-0.2, -0.15) is 4.98 Å². The molecule has 3 aromatic carbocycles. The Labute approximate surface area is 267 Å². The number of aryl methyl sites for hydroxylation is 1. The minimum absolute atomic E-state index is 0.0688. The molecule has 0 saturated carbocycles. The molecule has 2 aromatic heterocycles. The van der Waals surface area contributed by atoms with Crippen molar-refractivity contribution in [2.75, 3.05) is 13.2 Å². The molecular formula is C33H28Cl2F2N4O4. The van der Waals surface area contributed by atoms with Crippen molar-refractivity contribution in [1.29, 1.82) is 0 Å². The lowest BCUT2D eigenvalue weighted by Crippen LogP contribution is -2.27. The van der Waals surface area contributed by atoms with E-state index >= 15 is 4.39 Å². The number of aromatic carboxylic acids is 1. The van der Waals surface area contributed by atoms with E-state index < -0.39 is 17.6 Å². The summed E-state index contributed by atoms with van der Waals surface area (Å²) in [5.74, 6) is -1.88. The number of carbonyl (C=O) groups is 1. The fourth-order valence-electron chi connectivity index (χ4n) is 5.64. The number of fused-ring (bicyclic) bond motifs is 1. The van der Waals surface area contributed by atoms with Crippen LogP contribution in [0.4, 0.5) is 8.78 Å². The molecule has 232 valence electrons. The maximum Gasteiger partial charge on any atom is 0.335 e. The van der Waals surface area contributed by atoms with Crippen LogP contribution in [0.25, 0.3) is 22.3 Å². The van der Waals surface area contributed by atoms with E-state index in [0.717, 1.165) is 22.8 Å². The number of rotatable bonds is 8. The van der Waals surface area contributed by atoms with Crippen LogP contribution in [-0.2, 0) is 17.8 Å². The molecule has 1 atom stereocenters. The van der Waals surface area contributed by atoms with Gasteiger partial charge in [-0.25, -0.2) is 23.5 Å². The molecule has 45 heavy (non-hydrogen) atoms. The van der Waals surface area contributed by atoms with Crippen LogP contribution in [0.3, 0.4) is 0 Å². The van der Waals surface area contributed by atoms with E-state index in [1.165, 1.54) is 12.1 Å². The summed E-state index contributed by atoms with van der Waals surface area (Å²) in [6.45, 7) is 6.80. The van der Waals surface area contributed by atoms with Crippen LogP contribution in [0.2, 0.25) is 10.0 Å². The van der Waals surface area contributed by atoms with Gasteiger partial charge in [0, 0.05) is 39.2 Å². The van der Waals surface area contributed by atoms with Gasteiger partial charge in [0.15, 0.2) is 5.82 Å². The van der Waals surface area contributed by atoms with Gasteiger partial charge >= 0.3 is 12.0 Å². The highest BCUT2D eigenvalue weighted by molar-refractivity contribution is 6.31. The number of aromatic nitrogens is 4. The summed E-state index contributed by atoms with van der Waals surface area (Å²) in [5, 5.41) is 10.3. The first-order chi connectivity index (χ1) is 21.4. The fourth-order valence-corrected chi connectivity index (χ4v) is 6.03. The first-order valence-corrected chi connectivity index (χ1v) is 14.9. The van der Waals surface area contributed by atoms with Crippen LogP contribution >= 0.6 is 23.2 Å². The second-order valence-corrected chi connectivity index (χ2v) is 12.6. The van der Waals surface area contributed by atoms with Gasteiger partial charge in [0.25, 0.3) is 0 Å². The number of benzene rings is 3. The summed E-state index contributed by atoms with van der Waals surface area (Å²) >= 11 is 12.7.